The molecule has 0 heterocycles. The highest BCUT2D eigenvalue weighted by Crippen LogP contribution is 2.57. The van der Waals surface area contributed by atoms with E-state index in [0.29, 0.717) is 25.7 Å². The fourth-order valence-corrected chi connectivity index (χ4v) is 5.21. The van der Waals surface area contributed by atoms with Gasteiger partial charge in [0.05, 0.1) is 10.8 Å². The van der Waals surface area contributed by atoms with Crippen LogP contribution in [0.4, 0.5) is 0 Å². The summed E-state index contributed by atoms with van der Waals surface area (Å²) in [6.45, 7) is 8.41. The average Bonchev–Trinajstić information content (AvgIpc) is 2.68. The lowest BCUT2D eigenvalue weighted by Gasteiger charge is -2.50. The smallest absolute Gasteiger partial charge is 0.311 e. The molecule has 4 nitrogen and oxygen atoms in total. The molecule has 1 aliphatic rings. The molecule has 168 valence electrons. The molecule has 1 aliphatic carbocycles. The molecular formula is C25H44O4. The van der Waals surface area contributed by atoms with Crippen molar-refractivity contribution in [1.29, 1.82) is 0 Å². The summed E-state index contributed by atoms with van der Waals surface area (Å²) < 4.78 is 0. The summed E-state index contributed by atoms with van der Waals surface area (Å²) in [5.41, 5.74) is -2.40. The van der Waals surface area contributed by atoms with Gasteiger partial charge in [0.15, 0.2) is 0 Å². The van der Waals surface area contributed by atoms with Gasteiger partial charge >= 0.3 is 11.9 Å². The van der Waals surface area contributed by atoms with Crippen LogP contribution in [-0.4, -0.2) is 22.2 Å². The van der Waals surface area contributed by atoms with Crippen molar-refractivity contribution in [2.24, 2.45) is 22.7 Å². The van der Waals surface area contributed by atoms with Gasteiger partial charge in [-0.1, -0.05) is 104 Å². The van der Waals surface area contributed by atoms with E-state index in [1.54, 1.807) is 0 Å². The van der Waals surface area contributed by atoms with Crippen molar-refractivity contribution in [3.05, 3.63) is 12.2 Å². The number of hydrogen-bond donors (Lipinski definition) is 2. The zero-order valence-corrected chi connectivity index (χ0v) is 19.2. The topological polar surface area (TPSA) is 74.6 Å². The highest BCUT2D eigenvalue weighted by Gasteiger charge is 2.62. The van der Waals surface area contributed by atoms with Gasteiger partial charge in [0, 0.05) is 0 Å². The van der Waals surface area contributed by atoms with Crippen molar-refractivity contribution >= 4 is 11.9 Å². The first-order chi connectivity index (χ1) is 13.7. The van der Waals surface area contributed by atoms with E-state index >= 15 is 0 Å². The van der Waals surface area contributed by atoms with Crippen molar-refractivity contribution in [1.82, 2.24) is 0 Å². The molecule has 2 N–H and O–H groups in total. The minimum atomic E-state index is -1.21. The molecule has 0 aromatic carbocycles. The summed E-state index contributed by atoms with van der Waals surface area (Å²) >= 11 is 0. The van der Waals surface area contributed by atoms with E-state index < -0.39 is 22.8 Å². The molecular weight excluding hydrogens is 364 g/mol. The van der Waals surface area contributed by atoms with Gasteiger partial charge in [-0.2, -0.15) is 0 Å². The van der Waals surface area contributed by atoms with Gasteiger partial charge in [-0.15, -0.1) is 0 Å². The van der Waals surface area contributed by atoms with Crippen LogP contribution >= 0.6 is 0 Å². The third kappa shape index (κ3) is 6.33. The summed E-state index contributed by atoms with van der Waals surface area (Å²) in [5, 5.41) is 20.3. The molecule has 0 saturated carbocycles. The maximum atomic E-state index is 12.4. The SMILES string of the molecule is CCC(C)C1(C(=O)O)CC=CCC1(CCCCCCCCCCC(C)C)C(=O)O. The number of carboxylic acid groups (broad SMARTS) is 2. The Balaban J connectivity index is 2.60. The van der Waals surface area contributed by atoms with Crippen molar-refractivity contribution in [3.8, 4) is 0 Å². The van der Waals surface area contributed by atoms with Crippen LogP contribution in [0.1, 0.15) is 111 Å². The van der Waals surface area contributed by atoms with Crippen LogP contribution < -0.4 is 0 Å². The van der Waals surface area contributed by atoms with Crippen LogP contribution in [0.3, 0.4) is 0 Å². The van der Waals surface area contributed by atoms with Gasteiger partial charge in [0.1, 0.15) is 0 Å². The van der Waals surface area contributed by atoms with Crippen LogP contribution in [0, 0.1) is 22.7 Å². The number of hydrogen-bond acceptors (Lipinski definition) is 2. The highest BCUT2D eigenvalue weighted by atomic mass is 16.4. The molecule has 0 aromatic heterocycles. The predicted octanol–water partition coefficient (Wildman–Crippen LogP) is 7.08. The fourth-order valence-electron chi connectivity index (χ4n) is 5.21. The van der Waals surface area contributed by atoms with Gasteiger partial charge < -0.3 is 10.2 Å². The predicted molar refractivity (Wildman–Crippen MR) is 119 cm³/mol. The quantitative estimate of drug-likeness (QED) is 0.224. The van der Waals surface area contributed by atoms with E-state index in [2.05, 4.69) is 13.8 Å². The number of rotatable bonds is 15. The van der Waals surface area contributed by atoms with E-state index in [1.807, 2.05) is 26.0 Å². The first kappa shape index (κ1) is 25.7. The lowest BCUT2D eigenvalue weighted by atomic mass is 9.50. The Hall–Kier alpha value is -1.32. The molecule has 4 heteroatoms. The molecule has 0 aromatic rings. The average molecular weight is 409 g/mol. The molecule has 3 atom stereocenters. The largest absolute Gasteiger partial charge is 0.481 e. The molecule has 0 fully saturated rings. The van der Waals surface area contributed by atoms with E-state index in [0.717, 1.165) is 25.2 Å². The third-order valence-corrected chi connectivity index (χ3v) is 7.31. The van der Waals surface area contributed by atoms with Crippen LogP contribution in [-0.2, 0) is 9.59 Å². The van der Waals surface area contributed by atoms with Gasteiger partial charge in [-0.05, 0) is 31.1 Å². The monoisotopic (exact) mass is 408 g/mol. The molecule has 0 spiro atoms. The number of allylic oxidation sites excluding steroid dienone is 2. The van der Waals surface area contributed by atoms with Gasteiger partial charge in [-0.3, -0.25) is 9.59 Å². The van der Waals surface area contributed by atoms with Crippen LogP contribution in [0.15, 0.2) is 12.2 Å². The third-order valence-electron chi connectivity index (χ3n) is 7.31. The van der Waals surface area contributed by atoms with Gasteiger partial charge in [0.25, 0.3) is 0 Å². The van der Waals surface area contributed by atoms with Gasteiger partial charge in [0.2, 0.25) is 0 Å². The standard InChI is InChI=1S/C25H44O4/c1-5-21(4)25(23(28)29)19-15-14-18-24(25,22(26)27)17-13-11-9-7-6-8-10-12-16-20(2)3/h14-15,20-21H,5-13,16-19H2,1-4H3,(H,26,27)(H,28,29). The minimum Gasteiger partial charge on any atom is -0.481 e. The molecule has 0 aliphatic heterocycles. The van der Waals surface area contributed by atoms with Crippen LogP contribution in [0.2, 0.25) is 0 Å². The molecule has 0 saturated heterocycles. The zero-order valence-electron chi connectivity index (χ0n) is 19.2. The maximum absolute atomic E-state index is 12.4. The second-order valence-electron chi connectivity index (χ2n) is 9.61. The number of unbranched alkanes of at least 4 members (excludes halogenated alkanes) is 7. The Morgan fingerprint density at radius 1 is 0.828 bits per heavy atom. The Labute approximate surface area is 178 Å². The summed E-state index contributed by atoms with van der Waals surface area (Å²) in [7, 11) is 0. The lowest BCUT2D eigenvalue weighted by Crippen LogP contribution is -2.56. The first-order valence-electron chi connectivity index (χ1n) is 11.9. The summed E-state index contributed by atoms with van der Waals surface area (Å²) in [6.07, 6.45) is 16.1. The van der Waals surface area contributed by atoms with E-state index in [-0.39, 0.29) is 5.92 Å². The Morgan fingerprint density at radius 2 is 1.34 bits per heavy atom. The highest BCUT2D eigenvalue weighted by molar-refractivity contribution is 5.87. The molecule has 1 rings (SSSR count). The molecule has 0 bridgehead atoms. The maximum Gasteiger partial charge on any atom is 0.311 e. The number of carboxylic acids is 2. The number of carbonyl (C=O) groups is 2. The molecule has 0 radical (unpaired) electrons. The second kappa shape index (κ2) is 12.4. The van der Waals surface area contributed by atoms with E-state index in [1.165, 1.54) is 38.5 Å². The normalized spacial score (nSPS) is 25.3. The van der Waals surface area contributed by atoms with E-state index in [4.69, 9.17) is 0 Å². The molecule has 29 heavy (non-hydrogen) atoms. The van der Waals surface area contributed by atoms with Gasteiger partial charge in [-0.25, -0.2) is 0 Å². The summed E-state index contributed by atoms with van der Waals surface area (Å²) in [5.74, 6) is -1.26. The zero-order chi connectivity index (χ0) is 21.9. The summed E-state index contributed by atoms with van der Waals surface area (Å²) in [6, 6.07) is 0. The van der Waals surface area contributed by atoms with Crippen LogP contribution in [0.5, 0.6) is 0 Å². The Kier molecular flexibility index (Phi) is 11.0. The second-order valence-corrected chi connectivity index (χ2v) is 9.61. The number of aliphatic carboxylic acids is 2. The molecule has 0 amide bonds. The van der Waals surface area contributed by atoms with Crippen molar-refractivity contribution in [2.45, 2.75) is 111 Å². The first-order valence-corrected chi connectivity index (χ1v) is 11.9. The van der Waals surface area contributed by atoms with Crippen LogP contribution in [0.25, 0.3) is 0 Å². The molecule has 3 unspecified atom stereocenters. The lowest BCUT2D eigenvalue weighted by molar-refractivity contribution is -0.182. The Bertz CT molecular complexity index is 539. The van der Waals surface area contributed by atoms with E-state index in [9.17, 15) is 19.8 Å². The Morgan fingerprint density at radius 3 is 1.83 bits per heavy atom. The van der Waals surface area contributed by atoms with Crippen molar-refractivity contribution in [2.75, 3.05) is 0 Å². The van der Waals surface area contributed by atoms with Crippen molar-refractivity contribution in [3.63, 3.8) is 0 Å². The van der Waals surface area contributed by atoms with Crippen molar-refractivity contribution < 1.29 is 19.8 Å². The fraction of sp³-hybridized carbons (Fsp3) is 0.840. The summed E-state index contributed by atoms with van der Waals surface area (Å²) in [4.78, 5) is 24.8. The minimum absolute atomic E-state index is 0.174.